The molecule has 0 aliphatic rings. The van der Waals surface area contributed by atoms with Crippen molar-refractivity contribution in [3.8, 4) is 11.4 Å². The molecule has 6 heteroatoms. The normalized spacial score (nSPS) is 11.4. The van der Waals surface area contributed by atoms with Crippen molar-refractivity contribution in [2.45, 2.75) is 25.8 Å². The number of nitrogens with one attached hydrogen (secondary N) is 1. The number of rotatable bonds is 4. The van der Waals surface area contributed by atoms with Crippen molar-refractivity contribution < 1.29 is 4.79 Å². The number of aryl methyl sites for hydroxylation is 1. The Morgan fingerprint density at radius 1 is 1.45 bits per heavy atom. The van der Waals surface area contributed by atoms with Crippen molar-refractivity contribution in [2.24, 2.45) is 12.8 Å². The molecule has 2 rings (SSSR count). The number of carbonyl (C=O) groups is 1. The summed E-state index contributed by atoms with van der Waals surface area (Å²) in [6.45, 7) is 3.64. The van der Waals surface area contributed by atoms with Crippen LogP contribution in [0.15, 0.2) is 30.6 Å². The minimum atomic E-state index is -0.523. The third kappa shape index (κ3) is 3.64. The Kier molecular flexibility index (Phi) is 3.85. The Morgan fingerprint density at radius 2 is 2.20 bits per heavy atom. The minimum Gasteiger partial charge on any atom is -0.326 e. The lowest BCUT2D eigenvalue weighted by atomic mass is 10.0. The van der Waals surface area contributed by atoms with E-state index in [1.165, 1.54) is 0 Å². The van der Waals surface area contributed by atoms with E-state index in [-0.39, 0.29) is 12.3 Å². The van der Waals surface area contributed by atoms with Crippen molar-refractivity contribution in [3.05, 3.63) is 30.6 Å². The molecule has 0 unspecified atom stereocenters. The number of benzene rings is 1. The van der Waals surface area contributed by atoms with Gasteiger partial charge < -0.3 is 15.6 Å². The molecular weight excluding hydrogens is 254 g/mol. The van der Waals surface area contributed by atoms with Crippen LogP contribution in [0.1, 0.15) is 20.3 Å². The van der Waals surface area contributed by atoms with Gasteiger partial charge in [0.15, 0.2) is 5.82 Å². The van der Waals surface area contributed by atoms with Gasteiger partial charge in [0.05, 0.1) is 0 Å². The highest BCUT2D eigenvalue weighted by Crippen LogP contribution is 2.20. The quantitative estimate of drug-likeness (QED) is 0.885. The molecule has 0 aliphatic carbocycles. The van der Waals surface area contributed by atoms with Gasteiger partial charge in [-0.2, -0.15) is 0 Å². The third-order valence-corrected chi connectivity index (χ3v) is 2.73. The summed E-state index contributed by atoms with van der Waals surface area (Å²) in [7, 11) is 1.87. The fourth-order valence-electron chi connectivity index (χ4n) is 1.90. The van der Waals surface area contributed by atoms with E-state index in [1.54, 1.807) is 6.33 Å². The lowest BCUT2D eigenvalue weighted by Crippen LogP contribution is -2.36. The second-order valence-electron chi connectivity index (χ2n) is 5.56. The lowest BCUT2D eigenvalue weighted by molar-refractivity contribution is -0.117. The van der Waals surface area contributed by atoms with Gasteiger partial charge in [-0.1, -0.05) is 12.1 Å². The second-order valence-corrected chi connectivity index (χ2v) is 5.56. The highest BCUT2D eigenvalue weighted by molar-refractivity contribution is 5.92. The van der Waals surface area contributed by atoms with E-state index in [9.17, 15) is 4.79 Å². The molecule has 0 spiro atoms. The average Bonchev–Trinajstić information content (AvgIpc) is 2.73. The first kappa shape index (κ1) is 14.2. The Bertz CT molecular complexity index is 612. The zero-order valence-electron chi connectivity index (χ0n) is 11.9. The van der Waals surface area contributed by atoms with Crippen LogP contribution in [0, 0.1) is 0 Å². The van der Waals surface area contributed by atoms with Gasteiger partial charge >= 0.3 is 0 Å². The number of hydrogen-bond donors (Lipinski definition) is 2. The molecule has 6 nitrogen and oxygen atoms in total. The Hall–Kier alpha value is -2.21. The molecule has 20 heavy (non-hydrogen) atoms. The molecule has 0 fully saturated rings. The molecule has 3 N–H and O–H groups in total. The van der Waals surface area contributed by atoms with Gasteiger partial charge in [-0.05, 0) is 26.0 Å². The monoisotopic (exact) mass is 273 g/mol. The molecule has 1 amide bonds. The maximum atomic E-state index is 11.9. The van der Waals surface area contributed by atoms with Gasteiger partial charge in [-0.3, -0.25) is 4.79 Å². The fourth-order valence-corrected chi connectivity index (χ4v) is 1.90. The van der Waals surface area contributed by atoms with Crippen molar-refractivity contribution >= 4 is 11.6 Å². The Balaban J connectivity index is 2.15. The van der Waals surface area contributed by atoms with E-state index in [0.29, 0.717) is 0 Å². The second kappa shape index (κ2) is 5.42. The average molecular weight is 273 g/mol. The zero-order valence-corrected chi connectivity index (χ0v) is 11.9. The van der Waals surface area contributed by atoms with Gasteiger partial charge in [0.25, 0.3) is 0 Å². The van der Waals surface area contributed by atoms with E-state index in [1.807, 2.05) is 49.7 Å². The van der Waals surface area contributed by atoms with Crippen LogP contribution in [0.3, 0.4) is 0 Å². The van der Waals surface area contributed by atoms with Gasteiger partial charge in [0.2, 0.25) is 5.91 Å². The smallest absolute Gasteiger partial charge is 0.226 e. The van der Waals surface area contributed by atoms with Crippen LogP contribution in [0.2, 0.25) is 0 Å². The van der Waals surface area contributed by atoms with Crippen molar-refractivity contribution in [1.82, 2.24) is 14.8 Å². The topological polar surface area (TPSA) is 85.8 Å². The lowest BCUT2D eigenvalue weighted by Gasteiger charge is -2.17. The van der Waals surface area contributed by atoms with Crippen LogP contribution in [0.25, 0.3) is 11.4 Å². The number of aromatic nitrogens is 3. The van der Waals surface area contributed by atoms with Crippen molar-refractivity contribution in [3.63, 3.8) is 0 Å². The number of nitrogens with two attached hydrogens (primary N) is 1. The first-order chi connectivity index (χ1) is 9.35. The first-order valence-corrected chi connectivity index (χ1v) is 6.38. The molecule has 0 atom stereocenters. The molecule has 1 aromatic heterocycles. The van der Waals surface area contributed by atoms with E-state index in [2.05, 4.69) is 15.5 Å². The van der Waals surface area contributed by atoms with Crippen LogP contribution in [-0.4, -0.2) is 26.2 Å². The number of anilines is 1. The Morgan fingerprint density at radius 3 is 2.80 bits per heavy atom. The summed E-state index contributed by atoms with van der Waals surface area (Å²) in [5.41, 5.74) is 6.93. The number of nitrogens with zero attached hydrogens (tertiary/aromatic N) is 3. The summed E-state index contributed by atoms with van der Waals surface area (Å²) in [5.74, 6) is 0.646. The molecule has 106 valence electrons. The van der Waals surface area contributed by atoms with Gasteiger partial charge in [-0.15, -0.1) is 10.2 Å². The van der Waals surface area contributed by atoms with E-state index in [0.717, 1.165) is 17.1 Å². The maximum Gasteiger partial charge on any atom is 0.226 e. The molecule has 1 heterocycles. The third-order valence-electron chi connectivity index (χ3n) is 2.73. The van der Waals surface area contributed by atoms with E-state index >= 15 is 0 Å². The molecule has 0 saturated heterocycles. The van der Waals surface area contributed by atoms with E-state index < -0.39 is 5.54 Å². The van der Waals surface area contributed by atoms with Crippen LogP contribution in [-0.2, 0) is 11.8 Å². The molecule has 0 aliphatic heterocycles. The standard InChI is InChI=1S/C14H19N5O/c1-14(2,15)8-12(20)17-11-6-4-5-10(7-11)13-18-16-9-19(13)3/h4-7,9H,8,15H2,1-3H3,(H,17,20). The van der Waals surface area contributed by atoms with Crippen LogP contribution in [0.4, 0.5) is 5.69 Å². The summed E-state index contributed by atoms with van der Waals surface area (Å²) in [6.07, 6.45) is 1.90. The largest absolute Gasteiger partial charge is 0.326 e. The van der Waals surface area contributed by atoms with Crippen molar-refractivity contribution in [2.75, 3.05) is 5.32 Å². The number of carbonyl (C=O) groups excluding carboxylic acids is 1. The highest BCUT2D eigenvalue weighted by atomic mass is 16.1. The van der Waals surface area contributed by atoms with Gasteiger partial charge in [0.1, 0.15) is 6.33 Å². The minimum absolute atomic E-state index is 0.104. The zero-order chi connectivity index (χ0) is 14.8. The summed E-state index contributed by atoms with van der Waals surface area (Å²) < 4.78 is 1.82. The predicted molar refractivity (Wildman–Crippen MR) is 78.0 cm³/mol. The summed E-state index contributed by atoms with van der Waals surface area (Å²) in [4.78, 5) is 11.9. The molecule has 2 aromatic rings. The fraction of sp³-hybridized carbons (Fsp3) is 0.357. The first-order valence-electron chi connectivity index (χ1n) is 6.38. The van der Waals surface area contributed by atoms with E-state index in [4.69, 9.17) is 5.73 Å². The number of amides is 1. The molecule has 0 bridgehead atoms. The van der Waals surface area contributed by atoms with Crippen LogP contribution < -0.4 is 11.1 Å². The number of hydrogen-bond acceptors (Lipinski definition) is 4. The van der Waals surface area contributed by atoms with Crippen LogP contribution >= 0.6 is 0 Å². The maximum absolute atomic E-state index is 11.9. The van der Waals surface area contributed by atoms with Crippen molar-refractivity contribution in [1.29, 1.82) is 0 Å². The van der Waals surface area contributed by atoms with Gasteiger partial charge in [0, 0.05) is 30.3 Å². The summed E-state index contributed by atoms with van der Waals surface area (Å²) in [5, 5.41) is 10.7. The van der Waals surface area contributed by atoms with Gasteiger partial charge in [-0.25, -0.2) is 0 Å². The summed E-state index contributed by atoms with van der Waals surface area (Å²) in [6, 6.07) is 7.49. The molecule has 0 saturated carbocycles. The SMILES string of the molecule is Cn1cnnc1-c1cccc(NC(=O)CC(C)(C)N)c1. The molecular formula is C14H19N5O. The molecule has 1 aromatic carbocycles. The predicted octanol–water partition coefficient (Wildman–Crippen LogP) is 1.55. The Labute approximate surface area is 118 Å². The van der Waals surface area contributed by atoms with Crippen LogP contribution in [0.5, 0.6) is 0 Å². The summed E-state index contributed by atoms with van der Waals surface area (Å²) >= 11 is 0. The molecule has 0 radical (unpaired) electrons. The highest BCUT2D eigenvalue weighted by Gasteiger charge is 2.16.